The standard InChI is InChI=1S/C10H13N3O2/c1-7(14)9-4-3-5-13(9)6-10-11-8(2)15-12-10/h3-5,7,14H,6H2,1-2H3. The summed E-state index contributed by atoms with van der Waals surface area (Å²) in [7, 11) is 0. The third-order valence-corrected chi connectivity index (χ3v) is 2.17. The Balaban J connectivity index is 2.20. The Bertz CT molecular complexity index is 445. The van der Waals surface area contributed by atoms with Crippen molar-refractivity contribution in [1.82, 2.24) is 14.7 Å². The van der Waals surface area contributed by atoms with E-state index in [2.05, 4.69) is 10.1 Å². The Morgan fingerprint density at radius 1 is 1.60 bits per heavy atom. The molecule has 1 N–H and O–H groups in total. The van der Waals surface area contributed by atoms with Gasteiger partial charge in [-0.15, -0.1) is 0 Å². The fourth-order valence-corrected chi connectivity index (χ4v) is 1.51. The zero-order chi connectivity index (χ0) is 10.8. The summed E-state index contributed by atoms with van der Waals surface area (Å²) in [6.45, 7) is 4.00. The molecule has 0 spiro atoms. The van der Waals surface area contributed by atoms with Crippen LogP contribution in [0.1, 0.15) is 30.4 Å². The first-order chi connectivity index (χ1) is 7.16. The van der Waals surface area contributed by atoms with Crippen LogP contribution < -0.4 is 0 Å². The number of hydrogen-bond acceptors (Lipinski definition) is 4. The fraction of sp³-hybridized carbons (Fsp3) is 0.400. The topological polar surface area (TPSA) is 64.1 Å². The van der Waals surface area contributed by atoms with Crippen molar-refractivity contribution in [1.29, 1.82) is 0 Å². The molecule has 1 atom stereocenters. The quantitative estimate of drug-likeness (QED) is 0.823. The lowest BCUT2D eigenvalue weighted by Gasteiger charge is -2.08. The van der Waals surface area contributed by atoms with Crippen molar-refractivity contribution in [2.24, 2.45) is 0 Å². The molecule has 5 nitrogen and oxygen atoms in total. The maximum atomic E-state index is 9.49. The van der Waals surface area contributed by atoms with E-state index in [4.69, 9.17) is 4.52 Å². The molecular formula is C10H13N3O2. The molecule has 0 radical (unpaired) electrons. The molecule has 15 heavy (non-hydrogen) atoms. The van der Waals surface area contributed by atoms with Crippen LogP contribution in [-0.2, 0) is 6.54 Å². The van der Waals surface area contributed by atoms with Crippen LogP contribution in [0.15, 0.2) is 22.9 Å². The molecule has 5 heteroatoms. The van der Waals surface area contributed by atoms with Crippen molar-refractivity contribution in [3.8, 4) is 0 Å². The summed E-state index contributed by atoms with van der Waals surface area (Å²) in [5.41, 5.74) is 0.845. The molecule has 0 aliphatic heterocycles. The van der Waals surface area contributed by atoms with Crippen LogP contribution in [0.25, 0.3) is 0 Å². The number of nitrogens with zero attached hydrogens (tertiary/aromatic N) is 3. The van der Waals surface area contributed by atoms with Gasteiger partial charge in [0.05, 0.1) is 12.6 Å². The van der Waals surface area contributed by atoms with Gasteiger partial charge in [0.25, 0.3) is 0 Å². The fourth-order valence-electron chi connectivity index (χ4n) is 1.51. The van der Waals surface area contributed by atoms with Crippen LogP contribution in [0.3, 0.4) is 0 Å². The lowest BCUT2D eigenvalue weighted by molar-refractivity contribution is 0.189. The zero-order valence-electron chi connectivity index (χ0n) is 8.71. The molecule has 0 bridgehead atoms. The van der Waals surface area contributed by atoms with Gasteiger partial charge in [-0.05, 0) is 19.1 Å². The Kier molecular flexibility index (Phi) is 2.55. The molecule has 2 aromatic heterocycles. The minimum absolute atomic E-state index is 0.493. The van der Waals surface area contributed by atoms with Gasteiger partial charge in [-0.2, -0.15) is 4.98 Å². The number of aromatic nitrogens is 3. The molecule has 0 aliphatic carbocycles. The van der Waals surface area contributed by atoms with E-state index in [9.17, 15) is 5.11 Å². The van der Waals surface area contributed by atoms with Gasteiger partial charge in [0, 0.05) is 18.8 Å². The molecule has 2 rings (SSSR count). The van der Waals surface area contributed by atoms with Gasteiger partial charge >= 0.3 is 0 Å². The second-order valence-electron chi connectivity index (χ2n) is 3.47. The summed E-state index contributed by atoms with van der Waals surface area (Å²) in [5.74, 6) is 1.17. The minimum atomic E-state index is -0.493. The highest BCUT2D eigenvalue weighted by molar-refractivity contribution is 5.10. The van der Waals surface area contributed by atoms with Crippen molar-refractivity contribution >= 4 is 0 Å². The van der Waals surface area contributed by atoms with Gasteiger partial charge in [-0.1, -0.05) is 5.16 Å². The van der Waals surface area contributed by atoms with Crippen LogP contribution in [0, 0.1) is 6.92 Å². The van der Waals surface area contributed by atoms with Gasteiger partial charge in [0.2, 0.25) is 5.89 Å². The van der Waals surface area contributed by atoms with E-state index < -0.39 is 6.10 Å². The van der Waals surface area contributed by atoms with E-state index in [1.807, 2.05) is 22.9 Å². The second-order valence-corrected chi connectivity index (χ2v) is 3.47. The molecule has 0 saturated carbocycles. The van der Waals surface area contributed by atoms with Crippen LogP contribution in [0.4, 0.5) is 0 Å². The lowest BCUT2D eigenvalue weighted by atomic mass is 10.3. The molecule has 0 fully saturated rings. The first-order valence-corrected chi connectivity index (χ1v) is 4.79. The van der Waals surface area contributed by atoms with Crippen molar-refractivity contribution in [2.75, 3.05) is 0 Å². The van der Waals surface area contributed by atoms with Crippen LogP contribution >= 0.6 is 0 Å². The zero-order valence-corrected chi connectivity index (χ0v) is 8.71. The molecule has 0 aromatic carbocycles. The summed E-state index contributed by atoms with van der Waals surface area (Å²) in [6, 6.07) is 3.76. The number of aliphatic hydroxyl groups is 1. The lowest BCUT2D eigenvalue weighted by Crippen LogP contribution is -2.06. The Hall–Kier alpha value is -1.62. The second kappa shape index (κ2) is 3.86. The molecule has 2 heterocycles. The van der Waals surface area contributed by atoms with Crippen LogP contribution in [0.2, 0.25) is 0 Å². The summed E-state index contributed by atoms with van der Waals surface area (Å²) in [5, 5.41) is 13.3. The number of hydrogen-bond donors (Lipinski definition) is 1. The van der Waals surface area contributed by atoms with E-state index in [0.717, 1.165) is 5.69 Å². The molecule has 0 amide bonds. The molecule has 1 unspecified atom stereocenters. The predicted octanol–water partition coefficient (Wildman–Crippen LogP) is 1.28. The highest BCUT2D eigenvalue weighted by Gasteiger charge is 2.09. The maximum Gasteiger partial charge on any atom is 0.223 e. The van der Waals surface area contributed by atoms with Gasteiger partial charge in [0.15, 0.2) is 5.82 Å². The molecule has 2 aromatic rings. The number of rotatable bonds is 3. The SMILES string of the molecule is Cc1nc(Cn2cccc2C(C)O)no1. The predicted molar refractivity (Wildman–Crippen MR) is 53.2 cm³/mol. The number of aliphatic hydroxyl groups excluding tert-OH is 1. The first kappa shape index (κ1) is 9.92. The Morgan fingerprint density at radius 2 is 2.40 bits per heavy atom. The average Bonchev–Trinajstić information content (AvgIpc) is 2.75. The van der Waals surface area contributed by atoms with Crippen molar-refractivity contribution < 1.29 is 9.63 Å². The normalized spacial score (nSPS) is 13.0. The summed E-state index contributed by atoms with van der Waals surface area (Å²) < 4.78 is 6.77. The van der Waals surface area contributed by atoms with Gasteiger partial charge in [-0.25, -0.2) is 0 Å². The van der Waals surface area contributed by atoms with Crippen molar-refractivity contribution in [3.05, 3.63) is 35.7 Å². The summed E-state index contributed by atoms with van der Waals surface area (Å²) >= 11 is 0. The van der Waals surface area contributed by atoms with Gasteiger partial charge in [0.1, 0.15) is 0 Å². The third-order valence-electron chi connectivity index (χ3n) is 2.17. The van der Waals surface area contributed by atoms with E-state index in [-0.39, 0.29) is 0 Å². The van der Waals surface area contributed by atoms with Crippen molar-refractivity contribution in [3.63, 3.8) is 0 Å². The Labute approximate surface area is 87.3 Å². The monoisotopic (exact) mass is 207 g/mol. The van der Waals surface area contributed by atoms with Crippen LogP contribution in [0.5, 0.6) is 0 Å². The maximum absolute atomic E-state index is 9.49. The minimum Gasteiger partial charge on any atom is -0.387 e. The highest BCUT2D eigenvalue weighted by Crippen LogP contribution is 2.13. The number of aryl methyl sites for hydroxylation is 1. The summed E-state index contributed by atoms with van der Waals surface area (Å²) in [4.78, 5) is 4.11. The van der Waals surface area contributed by atoms with E-state index in [1.54, 1.807) is 13.8 Å². The van der Waals surface area contributed by atoms with Crippen molar-refractivity contribution in [2.45, 2.75) is 26.5 Å². The third kappa shape index (κ3) is 2.07. The van der Waals surface area contributed by atoms with Crippen LogP contribution in [-0.4, -0.2) is 19.8 Å². The van der Waals surface area contributed by atoms with E-state index in [0.29, 0.717) is 18.3 Å². The molecule has 0 aliphatic rings. The smallest absolute Gasteiger partial charge is 0.223 e. The van der Waals surface area contributed by atoms with Gasteiger partial charge < -0.3 is 14.2 Å². The average molecular weight is 207 g/mol. The van der Waals surface area contributed by atoms with E-state index >= 15 is 0 Å². The molecule has 0 saturated heterocycles. The Morgan fingerprint density at radius 3 is 3.00 bits per heavy atom. The first-order valence-electron chi connectivity index (χ1n) is 4.79. The molecular weight excluding hydrogens is 194 g/mol. The van der Waals surface area contributed by atoms with Gasteiger partial charge in [-0.3, -0.25) is 0 Å². The van der Waals surface area contributed by atoms with E-state index in [1.165, 1.54) is 0 Å². The highest BCUT2D eigenvalue weighted by atomic mass is 16.5. The largest absolute Gasteiger partial charge is 0.387 e. The summed E-state index contributed by atoms with van der Waals surface area (Å²) in [6.07, 6.45) is 1.39. The molecule has 80 valence electrons.